The second-order valence-corrected chi connectivity index (χ2v) is 5.31. The first kappa shape index (κ1) is 13.8. The number of amides is 1. The monoisotopic (exact) mass is 262 g/mol. The van der Waals surface area contributed by atoms with E-state index in [0.717, 1.165) is 32.4 Å². The molecule has 1 aliphatic heterocycles. The fourth-order valence-electron chi connectivity index (χ4n) is 2.51. The first-order valence-corrected chi connectivity index (χ1v) is 6.75. The van der Waals surface area contributed by atoms with E-state index < -0.39 is 0 Å². The Bertz CT molecular complexity index is 430. The number of carbonyl (C=O) groups excluding carboxylic acids is 1. The summed E-state index contributed by atoms with van der Waals surface area (Å²) in [7, 11) is 4.21. The number of pyridine rings is 1. The molecule has 2 heterocycles. The molecule has 5 nitrogen and oxygen atoms in total. The first-order valence-electron chi connectivity index (χ1n) is 6.75. The molecule has 0 aliphatic carbocycles. The molecular weight excluding hydrogens is 240 g/mol. The van der Waals surface area contributed by atoms with Crippen LogP contribution in [-0.4, -0.2) is 53.9 Å². The van der Waals surface area contributed by atoms with E-state index in [1.165, 1.54) is 0 Å². The average molecular weight is 262 g/mol. The number of likely N-dealkylation sites (tertiary alicyclic amines) is 1. The van der Waals surface area contributed by atoms with Crippen molar-refractivity contribution in [2.75, 3.05) is 32.9 Å². The number of carbonyl (C=O) groups is 1. The summed E-state index contributed by atoms with van der Waals surface area (Å²) in [5, 5.41) is 0. The van der Waals surface area contributed by atoms with Gasteiger partial charge in [0.05, 0.1) is 5.56 Å². The molecule has 19 heavy (non-hydrogen) atoms. The summed E-state index contributed by atoms with van der Waals surface area (Å²) in [5.41, 5.74) is 6.16. The summed E-state index contributed by atoms with van der Waals surface area (Å²) in [6.07, 6.45) is 4.79. The highest BCUT2D eigenvalue weighted by Gasteiger charge is 2.22. The Hall–Kier alpha value is -1.62. The number of anilines is 1. The lowest BCUT2D eigenvalue weighted by molar-refractivity contribution is 0.0758. The third-order valence-electron chi connectivity index (χ3n) is 3.75. The molecule has 0 unspecified atom stereocenters. The quantitative estimate of drug-likeness (QED) is 0.870. The van der Waals surface area contributed by atoms with Gasteiger partial charge in [-0.05, 0) is 45.5 Å². The molecule has 0 radical (unpaired) electrons. The van der Waals surface area contributed by atoms with Crippen molar-refractivity contribution in [1.29, 1.82) is 0 Å². The van der Waals surface area contributed by atoms with Crippen molar-refractivity contribution in [3.63, 3.8) is 0 Å². The molecule has 1 atom stereocenters. The largest absolute Gasteiger partial charge is 0.384 e. The maximum absolute atomic E-state index is 12.4. The number of nitrogens with zero attached hydrogens (tertiary/aromatic N) is 3. The Morgan fingerprint density at radius 3 is 2.79 bits per heavy atom. The van der Waals surface area contributed by atoms with E-state index in [0.29, 0.717) is 17.4 Å². The second-order valence-electron chi connectivity index (χ2n) is 5.31. The van der Waals surface area contributed by atoms with Gasteiger partial charge in [-0.3, -0.25) is 4.79 Å². The lowest BCUT2D eigenvalue weighted by Gasteiger charge is -2.23. The van der Waals surface area contributed by atoms with Crippen molar-refractivity contribution in [3.8, 4) is 0 Å². The molecule has 1 saturated heterocycles. The Morgan fingerprint density at radius 1 is 1.37 bits per heavy atom. The van der Waals surface area contributed by atoms with Gasteiger partial charge >= 0.3 is 0 Å². The zero-order valence-electron chi connectivity index (χ0n) is 11.7. The molecule has 2 N–H and O–H groups in total. The van der Waals surface area contributed by atoms with E-state index >= 15 is 0 Å². The molecule has 5 heteroatoms. The predicted molar refractivity (Wildman–Crippen MR) is 75.9 cm³/mol. The molecule has 0 bridgehead atoms. The van der Waals surface area contributed by atoms with Crippen molar-refractivity contribution in [1.82, 2.24) is 14.8 Å². The lowest BCUT2D eigenvalue weighted by atomic mass is 10.1. The Balaban J connectivity index is 2.02. The van der Waals surface area contributed by atoms with Gasteiger partial charge in [-0.15, -0.1) is 0 Å². The van der Waals surface area contributed by atoms with Gasteiger partial charge in [0.1, 0.15) is 5.82 Å². The number of aromatic nitrogens is 1. The number of hydrogen-bond acceptors (Lipinski definition) is 4. The summed E-state index contributed by atoms with van der Waals surface area (Å²) < 4.78 is 0. The van der Waals surface area contributed by atoms with E-state index in [2.05, 4.69) is 24.0 Å². The minimum absolute atomic E-state index is 0.0620. The van der Waals surface area contributed by atoms with Crippen molar-refractivity contribution >= 4 is 11.7 Å². The van der Waals surface area contributed by atoms with Crippen LogP contribution in [0, 0.1) is 0 Å². The van der Waals surface area contributed by atoms with Gasteiger partial charge in [-0.1, -0.05) is 0 Å². The maximum atomic E-state index is 12.4. The van der Waals surface area contributed by atoms with E-state index in [-0.39, 0.29) is 5.91 Å². The molecule has 0 aromatic carbocycles. The minimum atomic E-state index is 0.0620. The van der Waals surface area contributed by atoms with Gasteiger partial charge in [-0.25, -0.2) is 4.98 Å². The Morgan fingerprint density at radius 2 is 2.16 bits per heavy atom. The van der Waals surface area contributed by atoms with Crippen LogP contribution in [0.5, 0.6) is 0 Å². The van der Waals surface area contributed by atoms with Crippen LogP contribution >= 0.6 is 0 Å². The molecule has 0 spiro atoms. The van der Waals surface area contributed by atoms with Crippen LogP contribution in [0.25, 0.3) is 0 Å². The smallest absolute Gasteiger partial charge is 0.255 e. The molecule has 1 aromatic heterocycles. The standard InChI is InChI=1S/C14H22N4O/c1-17(2)12-4-3-8-18(9-7-12)14(19)11-5-6-13(15)16-10-11/h5-6,10,12H,3-4,7-9H2,1-2H3,(H2,15,16)/t12-/m0/s1. The molecule has 0 saturated carbocycles. The SMILES string of the molecule is CN(C)[C@H]1CCCN(C(=O)c2ccc(N)nc2)CC1. The number of nitrogen functional groups attached to an aromatic ring is 1. The van der Waals surface area contributed by atoms with Gasteiger partial charge in [0.15, 0.2) is 0 Å². The molecule has 2 rings (SSSR count). The van der Waals surface area contributed by atoms with Crippen molar-refractivity contribution < 1.29 is 4.79 Å². The van der Waals surface area contributed by atoms with Gasteiger partial charge in [0.2, 0.25) is 0 Å². The van der Waals surface area contributed by atoms with Crippen LogP contribution in [0.4, 0.5) is 5.82 Å². The molecule has 1 aliphatic rings. The van der Waals surface area contributed by atoms with E-state index in [1.807, 2.05) is 4.90 Å². The van der Waals surface area contributed by atoms with Crippen molar-refractivity contribution in [2.24, 2.45) is 0 Å². The van der Waals surface area contributed by atoms with Gasteiger partial charge < -0.3 is 15.5 Å². The highest BCUT2D eigenvalue weighted by atomic mass is 16.2. The second kappa shape index (κ2) is 6.02. The summed E-state index contributed by atoms with van der Waals surface area (Å²) in [5.74, 6) is 0.506. The van der Waals surface area contributed by atoms with E-state index in [9.17, 15) is 4.79 Å². The zero-order valence-corrected chi connectivity index (χ0v) is 11.7. The number of rotatable bonds is 2. The van der Waals surface area contributed by atoms with Gasteiger partial charge in [0, 0.05) is 25.3 Å². The summed E-state index contributed by atoms with van der Waals surface area (Å²) >= 11 is 0. The maximum Gasteiger partial charge on any atom is 0.255 e. The van der Waals surface area contributed by atoms with Gasteiger partial charge in [-0.2, -0.15) is 0 Å². The minimum Gasteiger partial charge on any atom is -0.384 e. The topological polar surface area (TPSA) is 62.5 Å². The fourth-order valence-corrected chi connectivity index (χ4v) is 2.51. The summed E-state index contributed by atoms with van der Waals surface area (Å²) in [4.78, 5) is 20.5. The molecule has 1 aromatic rings. The average Bonchev–Trinajstić information content (AvgIpc) is 2.64. The fraction of sp³-hybridized carbons (Fsp3) is 0.571. The van der Waals surface area contributed by atoms with Gasteiger partial charge in [0.25, 0.3) is 5.91 Å². The molecular formula is C14H22N4O. The normalized spacial score (nSPS) is 20.4. The van der Waals surface area contributed by atoms with Crippen LogP contribution in [-0.2, 0) is 0 Å². The highest BCUT2D eigenvalue weighted by molar-refractivity contribution is 5.94. The third-order valence-corrected chi connectivity index (χ3v) is 3.75. The number of hydrogen-bond donors (Lipinski definition) is 1. The lowest BCUT2D eigenvalue weighted by Crippen LogP contribution is -2.33. The molecule has 104 valence electrons. The van der Waals surface area contributed by atoms with E-state index in [4.69, 9.17) is 5.73 Å². The summed E-state index contributed by atoms with van der Waals surface area (Å²) in [6.45, 7) is 1.64. The van der Waals surface area contributed by atoms with Crippen molar-refractivity contribution in [2.45, 2.75) is 25.3 Å². The van der Waals surface area contributed by atoms with Crippen LogP contribution in [0.15, 0.2) is 18.3 Å². The molecule has 1 amide bonds. The predicted octanol–water partition coefficient (Wildman–Crippen LogP) is 1.22. The molecule has 1 fully saturated rings. The summed E-state index contributed by atoms with van der Waals surface area (Å²) in [6, 6.07) is 3.99. The van der Waals surface area contributed by atoms with Crippen molar-refractivity contribution in [3.05, 3.63) is 23.9 Å². The number of nitrogens with two attached hydrogens (primary N) is 1. The highest BCUT2D eigenvalue weighted by Crippen LogP contribution is 2.16. The van der Waals surface area contributed by atoms with Crippen LogP contribution in [0.3, 0.4) is 0 Å². The van der Waals surface area contributed by atoms with Crippen LogP contribution in [0.2, 0.25) is 0 Å². The van der Waals surface area contributed by atoms with E-state index in [1.54, 1.807) is 18.3 Å². The Labute approximate surface area is 114 Å². The Kier molecular flexibility index (Phi) is 4.37. The third kappa shape index (κ3) is 3.44. The van der Waals surface area contributed by atoms with Crippen LogP contribution < -0.4 is 5.73 Å². The zero-order chi connectivity index (χ0) is 13.8. The van der Waals surface area contributed by atoms with Crippen LogP contribution in [0.1, 0.15) is 29.6 Å². The first-order chi connectivity index (χ1) is 9.08.